The van der Waals surface area contributed by atoms with Gasteiger partial charge in [-0.15, -0.1) is 17.2 Å². The van der Waals surface area contributed by atoms with Crippen molar-refractivity contribution in [1.82, 2.24) is 0 Å². The summed E-state index contributed by atoms with van der Waals surface area (Å²) in [6.07, 6.45) is 18.4. The molecule has 0 amide bonds. The van der Waals surface area contributed by atoms with E-state index in [4.69, 9.17) is 0 Å². The minimum Gasteiger partial charge on any atom is -0.118 e. The molecular formula is C16H32P2. The third-order valence-electron chi connectivity index (χ3n) is 4.83. The lowest BCUT2D eigenvalue weighted by Crippen LogP contribution is -2.15. The molecule has 0 heterocycles. The van der Waals surface area contributed by atoms with E-state index < -0.39 is 0 Å². The predicted molar refractivity (Wildman–Crippen MR) is 89.3 cm³/mol. The molecule has 0 aromatic carbocycles. The summed E-state index contributed by atoms with van der Waals surface area (Å²) in [6, 6.07) is 0. The minimum atomic E-state index is 1.09. The fourth-order valence-corrected chi connectivity index (χ4v) is 7.73. The van der Waals surface area contributed by atoms with Gasteiger partial charge in [0, 0.05) is 0 Å². The smallest absolute Gasteiger partial charge is 0.0200 e. The van der Waals surface area contributed by atoms with Crippen molar-refractivity contribution in [2.24, 2.45) is 0 Å². The van der Waals surface area contributed by atoms with E-state index in [0.717, 1.165) is 17.0 Å². The maximum absolute atomic E-state index is 2.44. The summed E-state index contributed by atoms with van der Waals surface area (Å²) in [5, 5.41) is 0. The molecule has 2 aliphatic rings. The normalized spacial score (nSPS) is 26.5. The van der Waals surface area contributed by atoms with Crippen molar-refractivity contribution in [3.63, 3.8) is 0 Å². The van der Waals surface area contributed by atoms with Crippen LogP contribution in [0.3, 0.4) is 0 Å². The zero-order chi connectivity index (χ0) is 12.6. The molecule has 106 valence electrons. The molecule has 0 radical (unpaired) electrons. The zero-order valence-electron chi connectivity index (χ0n) is 12.2. The van der Waals surface area contributed by atoms with Crippen molar-refractivity contribution >= 4 is 17.2 Å². The first-order chi connectivity index (χ1) is 8.88. The Balaban J connectivity index is 1.64. The fraction of sp³-hybridized carbons (Fsp3) is 1.00. The predicted octanol–water partition coefficient (Wildman–Crippen LogP) is 5.79. The van der Waals surface area contributed by atoms with Crippen LogP contribution in [-0.2, 0) is 0 Å². The Hall–Kier alpha value is 0.860. The Labute approximate surface area is 118 Å². The van der Waals surface area contributed by atoms with Crippen LogP contribution in [0.5, 0.6) is 0 Å². The van der Waals surface area contributed by atoms with Gasteiger partial charge in [0.15, 0.2) is 0 Å². The van der Waals surface area contributed by atoms with Gasteiger partial charge in [0.1, 0.15) is 0 Å². The molecular weight excluding hydrogens is 254 g/mol. The lowest BCUT2D eigenvalue weighted by molar-refractivity contribution is 0.510. The number of hydrogen-bond acceptors (Lipinski definition) is 0. The van der Waals surface area contributed by atoms with Crippen molar-refractivity contribution in [2.45, 2.75) is 94.5 Å². The highest BCUT2D eigenvalue weighted by molar-refractivity contribution is 7.44. The highest BCUT2D eigenvalue weighted by atomic mass is 31.1. The molecule has 2 saturated carbocycles. The average molecular weight is 286 g/mol. The van der Waals surface area contributed by atoms with Crippen LogP contribution in [-0.4, -0.2) is 23.1 Å². The average Bonchev–Trinajstić information content (AvgIpc) is 2.45. The summed E-state index contributed by atoms with van der Waals surface area (Å²) in [6.45, 7) is 2.44. The second-order valence-corrected chi connectivity index (χ2v) is 9.95. The van der Waals surface area contributed by atoms with Crippen molar-refractivity contribution in [1.29, 1.82) is 0 Å². The third kappa shape index (κ3) is 5.46. The molecule has 2 rings (SSSR count). The molecule has 2 fully saturated rings. The summed E-state index contributed by atoms with van der Waals surface area (Å²) in [4.78, 5) is 0. The molecule has 0 N–H and O–H groups in total. The van der Waals surface area contributed by atoms with E-state index in [9.17, 15) is 0 Å². The summed E-state index contributed by atoms with van der Waals surface area (Å²) >= 11 is 0. The maximum atomic E-state index is 2.44. The van der Waals surface area contributed by atoms with Crippen LogP contribution in [0, 0.1) is 0 Å². The van der Waals surface area contributed by atoms with Gasteiger partial charge >= 0.3 is 0 Å². The highest BCUT2D eigenvalue weighted by Crippen LogP contribution is 2.41. The Bertz CT molecular complexity index is 205. The van der Waals surface area contributed by atoms with Gasteiger partial charge in [0.05, 0.1) is 0 Å². The van der Waals surface area contributed by atoms with Crippen molar-refractivity contribution in [2.75, 3.05) is 6.16 Å². The standard InChI is InChI=1S/C16H32P2/c1-2-14(18-16-11-7-4-8-12-16)13-17-15-9-5-3-6-10-15/h14-18H,2-13H2,1H3. The largest absolute Gasteiger partial charge is 0.118 e. The molecule has 3 unspecified atom stereocenters. The topological polar surface area (TPSA) is 0 Å². The summed E-state index contributed by atoms with van der Waals surface area (Å²) in [5.74, 6) is 0. The summed E-state index contributed by atoms with van der Waals surface area (Å²) < 4.78 is 0. The monoisotopic (exact) mass is 286 g/mol. The van der Waals surface area contributed by atoms with E-state index >= 15 is 0 Å². The molecule has 18 heavy (non-hydrogen) atoms. The van der Waals surface area contributed by atoms with Gasteiger partial charge in [-0.2, -0.15) is 0 Å². The molecule has 0 nitrogen and oxygen atoms in total. The zero-order valence-corrected chi connectivity index (χ0v) is 14.2. The van der Waals surface area contributed by atoms with Crippen molar-refractivity contribution < 1.29 is 0 Å². The summed E-state index contributed by atoms with van der Waals surface area (Å²) in [7, 11) is 2.60. The Morgan fingerprint density at radius 1 is 0.833 bits per heavy atom. The molecule has 0 aromatic heterocycles. The van der Waals surface area contributed by atoms with Gasteiger partial charge < -0.3 is 0 Å². The van der Waals surface area contributed by atoms with E-state index in [0.29, 0.717) is 0 Å². The van der Waals surface area contributed by atoms with Crippen LogP contribution in [0.1, 0.15) is 77.6 Å². The third-order valence-corrected chi connectivity index (χ3v) is 9.25. The van der Waals surface area contributed by atoms with E-state index in [1.165, 1.54) is 62.1 Å². The van der Waals surface area contributed by atoms with E-state index in [2.05, 4.69) is 6.92 Å². The van der Waals surface area contributed by atoms with Crippen LogP contribution in [0.15, 0.2) is 0 Å². The first kappa shape index (κ1) is 15.3. The maximum Gasteiger partial charge on any atom is -0.0200 e. The van der Waals surface area contributed by atoms with E-state index in [-0.39, 0.29) is 0 Å². The molecule has 2 aliphatic carbocycles. The SMILES string of the molecule is CCC(CPC1CCCCC1)PC1CCCCC1. The van der Waals surface area contributed by atoms with E-state index in [1.54, 1.807) is 31.8 Å². The van der Waals surface area contributed by atoms with E-state index in [1.807, 2.05) is 0 Å². The van der Waals surface area contributed by atoms with Crippen LogP contribution in [0.25, 0.3) is 0 Å². The Morgan fingerprint density at radius 2 is 1.39 bits per heavy atom. The molecule has 0 aromatic rings. The van der Waals surface area contributed by atoms with Gasteiger partial charge in [-0.05, 0) is 55.2 Å². The fourth-order valence-electron chi connectivity index (χ4n) is 3.54. The van der Waals surface area contributed by atoms with Gasteiger partial charge in [-0.3, -0.25) is 0 Å². The second kappa shape index (κ2) is 8.92. The number of rotatable bonds is 6. The molecule has 0 aliphatic heterocycles. The van der Waals surface area contributed by atoms with Crippen LogP contribution >= 0.6 is 17.2 Å². The lowest BCUT2D eigenvalue weighted by Gasteiger charge is -2.28. The quantitative estimate of drug-likeness (QED) is 0.542. The van der Waals surface area contributed by atoms with Crippen LogP contribution in [0.2, 0.25) is 0 Å². The molecule has 3 atom stereocenters. The summed E-state index contributed by atoms with van der Waals surface area (Å²) in [5.41, 5.74) is 3.34. The van der Waals surface area contributed by atoms with Crippen LogP contribution in [0.4, 0.5) is 0 Å². The van der Waals surface area contributed by atoms with Gasteiger partial charge in [0.2, 0.25) is 0 Å². The molecule has 0 saturated heterocycles. The highest BCUT2D eigenvalue weighted by Gasteiger charge is 2.19. The second-order valence-electron chi connectivity index (χ2n) is 6.35. The van der Waals surface area contributed by atoms with Gasteiger partial charge in [-0.1, -0.05) is 45.4 Å². The Kier molecular flexibility index (Phi) is 7.56. The Morgan fingerprint density at radius 3 is 1.94 bits per heavy atom. The molecule has 0 spiro atoms. The van der Waals surface area contributed by atoms with Crippen molar-refractivity contribution in [3.05, 3.63) is 0 Å². The van der Waals surface area contributed by atoms with Gasteiger partial charge in [0.25, 0.3) is 0 Å². The first-order valence-corrected chi connectivity index (χ1v) is 10.8. The van der Waals surface area contributed by atoms with Crippen molar-refractivity contribution in [3.8, 4) is 0 Å². The minimum absolute atomic E-state index is 1.09. The molecule has 0 bridgehead atoms. The van der Waals surface area contributed by atoms with Gasteiger partial charge in [-0.25, -0.2) is 0 Å². The number of hydrogen-bond donors (Lipinski definition) is 0. The first-order valence-electron chi connectivity index (χ1n) is 8.38. The molecule has 2 heteroatoms. The lowest BCUT2D eigenvalue weighted by atomic mass is 10.0. The van der Waals surface area contributed by atoms with Crippen LogP contribution < -0.4 is 0 Å².